The first-order valence-electron chi connectivity index (χ1n) is 7.44. The van der Waals surface area contributed by atoms with Crippen LogP contribution in [0, 0.1) is 0 Å². The number of nitrogens with one attached hydrogen (secondary N) is 1. The fourth-order valence-electron chi connectivity index (χ4n) is 3.80. The topological polar surface area (TPSA) is 33.7 Å². The van der Waals surface area contributed by atoms with Gasteiger partial charge in [-0.2, -0.15) is 0 Å². The van der Waals surface area contributed by atoms with E-state index < -0.39 is 0 Å². The van der Waals surface area contributed by atoms with Crippen LogP contribution in [0.15, 0.2) is 18.2 Å². The van der Waals surface area contributed by atoms with Crippen molar-refractivity contribution in [1.82, 2.24) is 5.32 Å². The van der Waals surface area contributed by atoms with Crippen LogP contribution >= 0.6 is 0 Å². The summed E-state index contributed by atoms with van der Waals surface area (Å²) in [6, 6.07) is 7.98. The molecule has 0 spiro atoms. The van der Waals surface area contributed by atoms with Crippen molar-refractivity contribution in [2.45, 2.75) is 43.8 Å². The highest BCUT2D eigenvalue weighted by atomic mass is 16.5. The maximum Gasteiger partial charge on any atom is 0.142 e. The van der Waals surface area contributed by atoms with Crippen molar-refractivity contribution in [2.24, 2.45) is 0 Å². The molecule has 0 aromatic heterocycles. The van der Waals surface area contributed by atoms with Crippen LogP contribution in [0.4, 0.5) is 5.69 Å². The lowest BCUT2D eigenvalue weighted by Gasteiger charge is -2.41. The van der Waals surface area contributed by atoms with E-state index >= 15 is 0 Å². The largest absolute Gasteiger partial charge is 0.497 e. The molecule has 2 saturated heterocycles. The second kappa shape index (κ2) is 5.52. The van der Waals surface area contributed by atoms with Gasteiger partial charge < -0.3 is 19.7 Å². The first kappa shape index (κ1) is 13.6. The summed E-state index contributed by atoms with van der Waals surface area (Å²) in [5.74, 6) is 1.85. The summed E-state index contributed by atoms with van der Waals surface area (Å²) in [5, 5.41) is 3.45. The minimum absolute atomic E-state index is 0.618. The standard InChI is InChI=1S/C16H24N2O2/c1-17-11-8-12-4-5-13(9-11)18(12)15-10-14(19-2)6-7-16(15)20-3/h6-7,10-13,17H,4-5,8-9H2,1-3H3. The van der Waals surface area contributed by atoms with Gasteiger partial charge in [0.05, 0.1) is 19.9 Å². The van der Waals surface area contributed by atoms with Gasteiger partial charge in [0.2, 0.25) is 0 Å². The molecule has 2 aliphatic heterocycles. The quantitative estimate of drug-likeness (QED) is 0.916. The number of hydrogen-bond acceptors (Lipinski definition) is 4. The Balaban J connectivity index is 1.93. The van der Waals surface area contributed by atoms with Crippen molar-refractivity contribution in [3.8, 4) is 11.5 Å². The van der Waals surface area contributed by atoms with Crippen molar-refractivity contribution in [1.29, 1.82) is 0 Å². The van der Waals surface area contributed by atoms with Crippen LogP contribution in [0.5, 0.6) is 11.5 Å². The first-order chi connectivity index (χ1) is 9.76. The van der Waals surface area contributed by atoms with Crippen LogP contribution < -0.4 is 19.7 Å². The molecular formula is C16H24N2O2. The lowest BCUT2D eigenvalue weighted by molar-refractivity contribution is 0.363. The van der Waals surface area contributed by atoms with E-state index in [1.807, 2.05) is 12.1 Å². The lowest BCUT2D eigenvalue weighted by atomic mass is 9.96. The Morgan fingerprint density at radius 3 is 2.35 bits per heavy atom. The van der Waals surface area contributed by atoms with E-state index in [1.165, 1.54) is 31.4 Å². The normalized spacial score (nSPS) is 28.6. The molecule has 4 heteroatoms. The minimum atomic E-state index is 0.618. The molecule has 0 radical (unpaired) electrons. The average molecular weight is 276 g/mol. The van der Waals surface area contributed by atoms with Crippen molar-refractivity contribution in [2.75, 3.05) is 26.2 Å². The van der Waals surface area contributed by atoms with E-state index in [4.69, 9.17) is 9.47 Å². The molecule has 1 N–H and O–H groups in total. The van der Waals surface area contributed by atoms with Crippen LogP contribution in [0.25, 0.3) is 0 Å². The van der Waals surface area contributed by atoms with Gasteiger partial charge in [0.25, 0.3) is 0 Å². The summed E-state index contributed by atoms with van der Waals surface area (Å²) in [5.41, 5.74) is 1.19. The highest BCUT2D eigenvalue weighted by Crippen LogP contribution is 2.44. The van der Waals surface area contributed by atoms with Gasteiger partial charge in [-0.1, -0.05) is 0 Å². The Kier molecular flexibility index (Phi) is 3.74. The molecule has 0 amide bonds. The smallest absolute Gasteiger partial charge is 0.142 e. The fraction of sp³-hybridized carbons (Fsp3) is 0.625. The van der Waals surface area contributed by atoms with Crippen molar-refractivity contribution in [3.05, 3.63) is 18.2 Å². The third kappa shape index (κ3) is 2.22. The minimum Gasteiger partial charge on any atom is -0.497 e. The van der Waals surface area contributed by atoms with Crippen LogP contribution in [-0.2, 0) is 0 Å². The third-order valence-electron chi connectivity index (χ3n) is 4.81. The van der Waals surface area contributed by atoms with Gasteiger partial charge in [0.15, 0.2) is 0 Å². The molecule has 1 aromatic rings. The van der Waals surface area contributed by atoms with Gasteiger partial charge in [-0.3, -0.25) is 0 Å². The predicted octanol–water partition coefficient (Wildman–Crippen LogP) is 2.42. The second-order valence-corrected chi connectivity index (χ2v) is 5.79. The van der Waals surface area contributed by atoms with Gasteiger partial charge in [0.1, 0.15) is 11.5 Å². The Morgan fingerprint density at radius 1 is 1.10 bits per heavy atom. The zero-order valence-electron chi connectivity index (χ0n) is 12.6. The number of ether oxygens (including phenoxy) is 2. The lowest BCUT2D eigenvalue weighted by Crippen LogP contribution is -2.48. The van der Waals surface area contributed by atoms with Crippen molar-refractivity contribution < 1.29 is 9.47 Å². The van der Waals surface area contributed by atoms with Crippen LogP contribution in [0.1, 0.15) is 25.7 Å². The van der Waals surface area contributed by atoms with E-state index in [-0.39, 0.29) is 0 Å². The molecular weight excluding hydrogens is 252 g/mol. The Morgan fingerprint density at radius 2 is 1.80 bits per heavy atom. The number of anilines is 1. The third-order valence-corrected chi connectivity index (χ3v) is 4.81. The molecule has 1 aromatic carbocycles. The highest BCUT2D eigenvalue weighted by molar-refractivity contribution is 5.64. The summed E-state index contributed by atoms with van der Waals surface area (Å²) in [6.07, 6.45) is 4.99. The molecule has 110 valence electrons. The summed E-state index contributed by atoms with van der Waals surface area (Å²) in [7, 11) is 5.53. The van der Waals surface area contributed by atoms with Crippen molar-refractivity contribution >= 4 is 5.69 Å². The molecule has 2 fully saturated rings. The maximum atomic E-state index is 5.56. The molecule has 4 nitrogen and oxygen atoms in total. The number of piperidine rings is 1. The molecule has 2 heterocycles. The summed E-state index contributed by atoms with van der Waals surface area (Å²) >= 11 is 0. The molecule has 0 saturated carbocycles. The van der Waals surface area contributed by atoms with Crippen LogP contribution in [0.3, 0.4) is 0 Å². The molecule has 2 bridgehead atoms. The number of methoxy groups -OCH3 is 2. The Bertz CT molecular complexity index is 464. The summed E-state index contributed by atoms with van der Waals surface area (Å²) in [4.78, 5) is 2.56. The van der Waals surface area contributed by atoms with E-state index in [1.54, 1.807) is 14.2 Å². The highest BCUT2D eigenvalue weighted by Gasteiger charge is 2.41. The molecule has 20 heavy (non-hydrogen) atoms. The first-order valence-corrected chi connectivity index (χ1v) is 7.44. The van der Waals surface area contributed by atoms with E-state index in [0.717, 1.165) is 11.5 Å². The van der Waals surface area contributed by atoms with Gasteiger partial charge in [-0.25, -0.2) is 0 Å². The SMILES string of the molecule is CNC1CC2CCC(C1)N2c1cc(OC)ccc1OC. The molecule has 3 rings (SSSR count). The average Bonchev–Trinajstić information content (AvgIpc) is 2.76. The molecule has 2 atom stereocenters. The second-order valence-electron chi connectivity index (χ2n) is 5.79. The van der Waals surface area contributed by atoms with Gasteiger partial charge in [-0.05, 0) is 44.9 Å². The molecule has 2 aliphatic rings. The summed E-state index contributed by atoms with van der Waals surface area (Å²) in [6.45, 7) is 0. The Labute approximate surface area is 121 Å². The van der Waals surface area contributed by atoms with E-state index in [0.29, 0.717) is 18.1 Å². The van der Waals surface area contributed by atoms with E-state index in [9.17, 15) is 0 Å². The predicted molar refractivity (Wildman–Crippen MR) is 80.9 cm³/mol. The number of rotatable bonds is 4. The zero-order chi connectivity index (χ0) is 14.1. The number of hydrogen-bond donors (Lipinski definition) is 1. The Hall–Kier alpha value is -1.42. The molecule has 2 unspecified atom stereocenters. The number of fused-ring (bicyclic) bond motifs is 2. The van der Waals surface area contributed by atoms with Gasteiger partial charge in [-0.15, -0.1) is 0 Å². The van der Waals surface area contributed by atoms with Crippen LogP contribution in [-0.4, -0.2) is 39.4 Å². The molecule has 0 aliphatic carbocycles. The monoisotopic (exact) mass is 276 g/mol. The van der Waals surface area contributed by atoms with Crippen molar-refractivity contribution in [3.63, 3.8) is 0 Å². The van der Waals surface area contributed by atoms with E-state index in [2.05, 4.69) is 23.3 Å². The summed E-state index contributed by atoms with van der Waals surface area (Å²) < 4.78 is 10.9. The van der Waals surface area contributed by atoms with Gasteiger partial charge in [0, 0.05) is 24.2 Å². The number of nitrogens with zero attached hydrogens (tertiary/aromatic N) is 1. The number of benzene rings is 1. The maximum absolute atomic E-state index is 5.56. The zero-order valence-corrected chi connectivity index (χ0v) is 12.6. The van der Waals surface area contributed by atoms with Crippen LogP contribution in [0.2, 0.25) is 0 Å². The van der Waals surface area contributed by atoms with Gasteiger partial charge >= 0.3 is 0 Å². The fourth-order valence-corrected chi connectivity index (χ4v) is 3.80.